The summed E-state index contributed by atoms with van der Waals surface area (Å²) in [6, 6.07) is 8.13. The lowest BCUT2D eigenvalue weighted by Gasteiger charge is -2.17. The summed E-state index contributed by atoms with van der Waals surface area (Å²) in [6.45, 7) is 4.49. The summed E-state index contributed by atoms with van der Waals surface area (Å²) in [5.41, 5.74) is 5.09. The van der Waals surface area contributed by atoms with E-state index < -0.39 is 0 Å². The Labute approximate surface area is 163 Å². The van der Waals surface area contributed by atoms with Gasteiger partial charge in [0.2, 0.25) is 5.91 Å². The van der Waals surface area contributed by atoms with Gasteiger partial charge in [0.05, 0.1) is 23.2 Å². The third kappa shape index (κ3) is 4.53. The standard InChI is InChI=1S/C21H25N3O2S/c1-13-4-6-15(7-5-13)16-8-9-17(10-16)20(26)24-18(11-22-3)21-23-14(2)19(12-25)27-21/h4-9,18,22,25H,10-12H2,1-3H3,(H,24,26). The Morgan fingerprint density at radius 3 is 2.63 bits per heavy atom. The van der Waals surface area contributed by atoms with Crippen LogP contribution >= 0.6 is 11.3 Å². The fourth-order valence-corrected chi connectivity index (χ4v) is 4.02. The fourth-order valence-electron chi connectivity index (χ4n) is 3.05. The molecule has 142 valence electrons. The lowest BCUT2D eigenvalue weighted by molar-refractivity contribution is -0.118. The van der Waals surface area contributed by atoms with Crippen LogP contribution in [-0.4, -0.2) is 29.6 Å². The van der Waals surface area contributed by atoms with Crippen LogP contribution < -0.4 is 10.6 Å². The van der Waals surface area contributed by atoms with Crippen molar-refractivity contribution in [1.82, 2.24) is 15.6 Å². The van der Waals surface area contributed by atoms with E-state index in [-0.39, 0.29) is 18.6 Å². The number of likely N-dealkylation sites (N-methyl/N-ethyl adjacent to an activating group) is 1. The average Bonchev–Trinajstić information content (AvgIpc) is 3.29. The summed E-state index contributed by atoms with van der Waals surface area (Å²) in [5, 5.41) is 16.4. The van der Waals surface area contributed by atoms with E-state index in [9.17, 15) is 9.90 Å². The van der Waals surface area contributed by atoms with Crippen LogP contribution in [0.3, 0.4) is 0 Å². The number of carbonyl (C=O) groups excluding carboxylic acids is 1. The molecule has 0 bridgehead atoms. The molecule has 1 aromatic heterocycles. The number of aromatic nitrogens is 1. The van der Waals surface area contributed by atoms with Gasteiger partial charge in [0.1, 0.15) is 5.01 Å². The fraction of sp³-hybridized carbons (Fsp3) is 0.333. The van der Waals surface area contributed by atoms with Gasteiger partial charge in [-0.3, -0.25) is 4.79 Å². The van der Waals surface area contributed by atoms with Gasteiger partial charge in [0.15, 0.2) is 0 Å². The summed E-state index contributed by atoms with van der Waals surface area (Å²) >= 11 is 1.44. The van der Waals surface area contributed by atoms with Crippen LogP contribution in [0, 0.1) is 13.8 Å². The summed E-state index contributed by atoms with van der Waals surface area (Å²) < 4.78 is 0. The van der Waals surface area contributed by atoms with Crippen LogP contribution in [0.2, 0.25) is 0 Å². The first-order chi connectivity index (χ1) is 13.0. The predicted molar refractivity (Wildman–Crippen MR) is 109 cm³/mol. The van der Waals surface area contributed by atoms with Gasteiger partial charge in [-0.2, -0.15) is 0 Å². The third-order valence-electron chi connectivity index (χ3n) is 4.65. The Morgan fingerprint density at radius 2 is 2.00 bits per heavy atom. The van der Waals surface area contributed by atoms with E-state index in [1.54, 1.807) is 0 Å². The van der Waals surface area contributed by atoms with E-state index in [0.29, 0.717) is 13.0 Å². The van der Waals surface area contributed by atoms with Gasteiger partial charge in [-0.1, -0.05) is 42.0 Å². The molecule has 1 unspecified atom stereocenters. The lowest BCUT2D eigenvalue weighted by Crippen LogP contribution is -2.35. The number of carbonyl (C=O) groups is 1. The van der Waals surface area contributed by atoms with Crippen molar-refractivity contribution in [2.75, 3.05) is 13.6 Å². The molecule has 2 aromatic rings. The van der Waals surface area contributed by atoms with Crippen molar-refractivity contribution < 1.29 is 9.90 Å². The number of allylic oxidation sites excluding steroid dienone is 3. The topological polar surface area (TPSA) is 74.2 Å². The van der Waals surface area contributed by atoms with Crippen LogP contribution in [0.4, 0.5) is 0 Å². The smallest absolute Gasteiger partial charge is 0.248 e. The van der Waals surface area contributed by atoms with Gasteiger partial charge in [0, 0.05) is 18.5 Å². The largest absolute Gasteiger partial charge is 0.391 e. The average molecular weight is 384 g/mol. The maximum atomic E-state index is 12.8. The zero-order valence-corrected chi connectivity index (χ0v) is 16.7. The molecule has 0 aliphatic heterocycles. The van der Waals surface area contributed by atoms with Crippen molar-refractivity contribution >= 4 is 22.8 Å². The molecule has 0 saturated heterocycles. The van der Waals surface area contributed by atoms with E-state index in [4.69, 9.17) is 0 Å². The molecule has 27 heavy (non-hydrogen) atoms. The van der Waals surface area contributed by atoms with Crippen LogP contribution in [0.15, 0.2) is 42.0 Å². The van der Waals surface area contributed by atoms with E-state index in [2.05, 4.69) is 46.8 Å². The van der Waals surface area contributed by atoms with Crippen molar-refractivity contribution in [1.29, 1.82) is 0 Å². The second-order valence-electron chi connectivity index (χ2n) is 6.73. The molecule has 1 atom stereocenters. The Morgan fingerprint density at radius 1 is 1.26 bits per heavy atom. The summed E-state index contributed by atoms with van der Waals surface area (Å²) in [5.74, 6) is -0.0768. The van der Waals surface area contributed by atoms with Crippen LogP contribution in [0.5, 0.6) is 0 Å². The van der Waals surface area contributed by atoms with Gasteiger partial charge in [0.25, 0.3) is 0 Å². The molecule has 0 saturated carbocycles. The molecular weight excluding hydrogens is 358 g/mol. The summed E-state index contributed by atoms with van der Waals surface area (Å²) in [4.78, 5) is 18.1. The Kier molecular flexibility index (Phi) is 6.21. The molecule has 1 aromatic carbocycles. The number of aliphatic hydroxyl groups is 1. The second kappa shape index (κ2) is 8.61. The molecule has 0 fully saturated rings. The zero-order chi connectivity index (χ0) is 19.4. The zero-order valence-electron chi connectivity index (χ0n) is 15.9. The first-order valence-electron chi connectivity index (χ1n) is 9.01. The van der Waals surface area contributed by atoms with Crippen molar-refractivity contribution in [2.24, 2.45) is 0 Å². The highest BCUT2D eigenvalue weighted by Crippen LogP contribution is 2.29. The molecule has 1 amide bonds. The highest BCUT2D eigenvalue weighted by molar-refractivity contribution is 7.11. The minimum Gasteiger partial charge on any atom is -0.391 e. The van der Waals surface area contributed by atoms with Crippen LogP contribution in [-0.2, 0) is 11.4 Å². The molecule has 5 nitrogen and oxygen atoms in total. The molecule has 0 spiro atoms. The third-order valence-corrected chi connectivity index (χ3v) is 5.90. The first kappa shape index (κ1) is 19.5. The first-order valence-corrected chi connectivity index (χ1v) is 9.82. The number of benzene rings is 1. The Bertz CT molecular complexity index is 881. The Hall–Kier alpha value is -2.28. The van der Waals surface area contributed by atoms with Crippen LogP contribution in [0.25, 0.3) is 5.57 Å². The molecule has 1 aliphatic carbocycles. The molecule has 6 heteroatoms. The van der Waals surface area contributed by atoms with Gasteiger partial charge < -0.3 is 15.7 Å². The molecule has 0 radical (unpaired) electrons. The van der Waals surface area contributed by atoms with Gasteiger partial charge in [-0.15, -0.1) is 11.3 Å². The highest BCUT2D eigenvalue weighted by atomic mass is 32.1. The number of thiazole rings is 1. The molecule has 1 heterocycles. The molecular formula is C21H25N3O2S. The van der Waals surface area contributed by atoms with E-state index in [0.717, 1.165) is 32.3 Å². The number of nitrogens with one attached hydrogen (secondary N) is 2. The molecule has 3 N–H and O–H groups in total. The highest BCUT2D eigenvalue weighted by Gasteiger charge is 2.23. The van der Waals surface area contributed by atoms with Crippen LogP contribution in [0.1, 0.15) is 39.2 Å². The Balaban J connectivity index is 1.67. The molecule has 1 aliphatic rings. The van der Waals surface area contributed by atoms with Crippen molar-refractivity contribution in [3.63, 3.8) is 0 Å². The van der Waals surface area contributed by atoms with E-state index >= 15 is 0 Å². The maximum Gasteiger partial charge on any atom is 0.248 e. The number of hydrogen-bond acceptors (Lipinski definition) is 5. The van der Waals surface area contributed by atoms with Gasteiger partial charge in [-0.05, 0) is 32.0 Å². The monoisotopic (exact) mass is 383 g/mol. The van der Waals surface area contributed by atoms with E-state index in [1.165, 1.54) is 16.9 Å². The number of aryl methyl sites for hydroxylation is 2. The van der Waals surface area contributed by atoms with Crippen molar-refractivity contribution in [3.8, 4) is 0 Å². The van der Waals surface area contributed by atoms with Gasteiger partial charge >= 0.3 is 0 Å². The van der Waals surface area contributed by atoms with Crippen molar-refractivity contribution in [2.45, 2.75) is 32.9 Å². The predicted octanol–water partition coefficient (Wildman–Crippen LogP) is 3.04. The van der Waals surface area contributed by atoms with Gasteiger partial charge in [-0.25, -0.2) is 4.98 Å². The second-order valence-corrected chi connectivity index (χ2v) is 7.84. The number of rotatable bonds is 7. The summed E-state index contributed by atoms with van der Waals surface area (Å²) in [7, 11) is 1.85. The number of aliphatic hydroxyl groups excluding tert-OH is 1. The number of nitrogens with zero attached hydrogens (tertiary/aromatic N) is 1. The number of hydrogen-bond donors (Lipinski definition) is 3. The molecule has 3 rings (SSSR count). The lowest BCUT2D eigenvalue weighted by atomic mass is 10.0. The number of amides is 1. The maximum absolute atomic E-state index is 12.8. The van der Waals surface area contributed by atoms with E-state index in [1.807, 2.05) is 26.1 Å². The van der Waals surface area contributed by atoms with Crippen molar-refractivity contribution in [3.05, 3.63) is 68.7 Å². The minimum atomic E-state index is -0.226. The quantitative estimate of drug-likeness (QED) is 0.687. The normalized spacial score (nSPS) is 14.7. The minimum absolute atomic E-state index is 0.0291. The summed E-state index contributed by atoms with van der Waals surface area (Å²) in [6.07, 6.45) is 4.54. The SMILES string of the molecule is CNCC(NC(=O)C1=CC=C(c2ccc(C)cc2)C1)c1nc(C)c(CO)s1.